The second kappa shape index (κ2) is 9.01. The molecular weight excluding hydrogens is 395 g/mol. The topological polar surface area (TPSA) is 74.1 Å². The molecule has 152 valence electrons. The molecule has 0 saturated carbocycles. The SMILES string of the molecule is N#CCc1ccc(Oc2ccc(NC(=O)Nc3cccc(C(F)(F)F)c3)cc2)cc1. The van der Waals surface area contributed by atoms with Crippen molar-refractivity contribution >= 4 is 17.4 Å². The molecule has 30 heavy (non-hydrogen) atoms. The number of benzene rings is 3. The van der Waals surface area contributed by atoms with Gasteiger partial charge in [-0.15, -0.1) is 0 Å². The number of nitrogens with one attached hydrogen (secondary N) is 2. The number of urea groups is 1. The fraction of sp³-hybridized carbons (Fsp3) is 0.0909. The zero-order valence-electron chi connectivity index (χ0n) is 15.5. The summed E-state index contributed by atoms with van der Waals surface area (Å²) in [6.45, 7) is 0. The molecule has 0 aromatic heterocycles. The van der Waals surface area contributed by atoms with Crippen molar-refractivity contribution < 1.29 is 22.7 Å². The molecule has 3 aromatic carbocycles. The molecule has 8 heteroatoms. The average Bonchev–Trinajstić information content (AvgIpc) is 2.71. The smallest absolute Gasteiger partial charge is 0.416 e. The Balaban J connectivity index is 1.57. The zero-order chi connectivity index (χ0) is 21.6. The number of carbonyl (C=O) groups is 1. The third-order valence-corrected chi connectivity index (χ3v) is 4.00. The van der Waals surface area contributed by atoms with Gasteiger partial charge in [-0.3, -0.25) is 0 Å². The first-order chi connectivity index (χ1) is 14.3. The first kappa shape index (κ1) is 20.7. The average molecular weight is 411 g/mol. The number of halogens is 3. The van der Waals surface area contributed by atoms with E-state index >= 15 is 0 Å². The Morgan fingerprint density at radius 2 is 1.50 bits per heavy atom. The molecule has 0 aliphatic rings. The van der Waals surface area contributed by atoms with Crippen molar-refractivity contribution in [2.45, 2.75) is 12.6 Å². The Kier molecular flexibility index (Phi) is 6.23. The summed E-state index contributed by atoms with van der Waals surface area (Å²) in [5, 5.41) is 13.6. The van der Waals surface area contributed by atoms with Crippen LogP contribution in [0.25, 0.3) is 0 Å². The number of alkyl halides is 3. The molecule has 0 atom stereocenters. The largest absolute Gasteiger partial charge is 0.457 e. The van der Waals surface area contributed by atoms with E-state index in [2.05, 4.69) is 16.7 Å². The monoisotopic (exact) mass is 411 g/mol. The molecule has 0 bridgehead atoms. The maximum atomic E-state index is 12.7. The van der Waals surface area contributed by atoms with Crippen molar-refractivity contribution in [1.82, 2.24) is 0 Å². The van der Waals surface area contributed by atoms with Crippen molar-refractivity contribution in [1.29, 1.82) is 5.26 Å². The summed E-state index contributed by atoms with van der Waals surface area (Å²) in [6.07, 6.45) is -4.16. The predicted molar refractivity (Wildman–Crippen MR) is 106 cm³/mol. The fourth-order valence-corrected chi connectivity index (χ4v) is 2.58. The van der Waals surface area contributed by atoms with Crippen molar-refractivity contribution in [3.05, 3.63) is 83.9 Å². The number of nitriles is 1. The quantitative estimate of drug-likeness (QED) is 0.524. The van der Waals surface area contributed by atoms with Gasteiger partial charge in [0.2, 0.25) is 0 Å². The molecule has 0 spiro atoms. The minimum absolute atomic E-state index is 0.0297. The summed E-state index contributed by atoms with van der Waals surface area (Å²) in [4.78, 5) is 12.0. The van der Waals surface area contributed by atoms with Gasteiger partial charge in [-0.2, -0.15) is 18.4 Å². The van der Waals surface area contributed by atoms with Gasteiger partial charge in [-0.05, 0) is 60.2 Å². The molecule has 0 saturated heterocycles. The van der Waals surface area contributed by atoms with Crippen molar-refractivity contribution in [3.8, 4) is 17.6 Å². The van der Waals surface area contributed by atoms with Crippen molar-refractivity contribution in [2.24, 2.45) is 0 Å². The third-order valence-electron chi connectivity index (χ3n) is 4.00. The van der Waals surface area contributed by atoms with Crippen LogP contribution in [0.4, 0.5) is 29.3 Å². The number of hydrogen-bond donors (Lipinski definition) is 2. The summed E-state index contributed by atoms with van der Waals surface area (Å²) in [5.74, 6) is 1.13. The van der Waals surface area contributed by atoms with Crippen LogP contribution in [0.2, 0.25) is 0 Å². The summed E-state index contributed by atoms with van der Waals surface area (Å²) in [7, 11) is 0. The highest BCUT2D eigenvalue weighted by Crippen LogP contribution is 2.30. The van der Waals surface area contributed by atoms with Crippen LogP contribution >= 0.6 is 0 Å². The molecular formula is C22H16F3N3O2. The lowest BCUT2D eigenvalue weighted by atomic mass is 10.2. The molecule has 3 aromatic rings. The normalized spacial score (nSPS) is 10.7. The van der Waals surface area contributed by atoms with Gasteiger partial charge in [0.25, 0.3) is 0 Å². The number of nitrogens with zero attached hydrogens (tertiary/aromatic N) is 1. The van der Waals surface area contributed by atoms with Crippen LogP contribution in [0.15, 0.2) is 72.8 Å². The van der Waals surface area contributed by atoms with E-state index in [1.807, 2.05) is 0 Å². The predicted octanol–water partition coefficient (Wildman–Crippen LogP) is 6.21. The van der Waals surface area contributed by atoms with Gasteiger partial charge in [0.05, 0.1) is 18.1 Å². The highest BCUT2D eigenvalue weighted by atomic mass is 19.4. The summed E-state index contributed by atoms with van der Waals surface area (Å²) >= 11 is 0. The number of rotatable bonds is 5. The fourth-order valence-electron chi connectivity index (χ4n) is 2.58. The number of carbonyl (C=O) groups excluding carboxylic acids is 1. The lowest BCUT2D eigenvalue weighted by molar-refractivity contribution is -0.137. The lowest BCUT2D eigenvalue weighted by Gasteiger charge is -2.11. The Morgan fingerprint density at radius 1 is 0.900 bits per heavy atom. The molecule has 2 N–H and O–H groups in total. The van der Waals surface area contributed by atoms with Crippen LogP contribution in [0, 0.1) is 11.3 Å². The van der Waals surface area contributed by atoms with Gasteiger partial charge in [0.15, 0.2) is 0 Å². The standard InChI is InChI=1S/C22H16F3N3O2/c23-22(24,25)16-2-1-3-18(14-16)28-21(29)27-17-6-10-20(11-7-17)30-19-8-4-15(5-9-19)12-13-26/h1-11,14H,12H2,(H2,27,28,29). The molecule has 0 radical (unpaired) electrons. The van der Waals surface area contributed by atoms with Gasteiger partial charge in [-0.25, -0.2) is 4.79 Å². The highest BCUT2D eigenvalue weighted by Gasteiger charge is 2.30. The van der Waals surface area contributed by atoms with E-state index in [1.54, 1.807) is 48.5 Å². The molecule has 0 aliphatic carbocycles. The maximum absolute atomic E-state index is 12.7. The van der Waals surface area contributed by atoms with Crippen molar-refractivity contribution in [3.63, 3.8) is 0 Å². The van der Waals surface area contributed by atoms with Gasteiger partial charge in [0.1, 0.15) is 11.5 Å². The van der Waals surface area contributed by atoms with Crippen LogP contribution in [0.3, 0.4) is 0 Å². The van der Waals surface area contributed by atoms with E-state index in [0.29, 0.717) is 23.6 Å². The van der Waals surface area contributed by atoms with Crippen LogP contribution < -0.4 is 15.4 Å². The second-order valence-electron chi connectivity index (χ2n) is 6.26. The molecule has 5 nitrogen and oxygen atoms in total. The lowest BCUT2D eigenvalue weighted by Crippen LogP contribution is -2.19. The number of hydrogen-bond acceptors (Lipinski definition) is 3. The Labute approximate surface area is 170 Å². The molecule has 0 unspecified atom stereocenters. The molecule has 0 fully saturated rings. The second-order valence-corrected chi connectivity index (χ2v) is 6.26. The van der Waals surface area contributed by atoms with E-state index in [4.69, 9.17) is 10.00 Å². The van der Waals surface area contributed by atoms with Crippen LogP contribution in [0.1, 0.15) is 11.1 Å². The van der Waals surface area contributed by atoms with E-state index in [-0.39, 0.29) is 5.69 Å². The van der Waals surface area contributed by atoms with E-state index < -0.39 is 17.8 Å². The van der Waals surface area contributed by atoms with Gasteiger partial charge >= 0.3 is 12.2 Å². The maximum Gasteiger partial charge on any atom is 0.416 e. The van der Waals surface area contributed by atoms with E-state index in [1.165, 1.54) is 12.1 Å². The zero-order valence-corrected chi connectivity index (χ0v) is 15.5. The van der Waals surface area contributed by atoms with Gasteiger partial charge in [-0.1, -0.05) is 18.2 Å². The van der Waals surface area contributed by atoms with E-state index in [9.17, 15) is 18.0 Å². The Morgan fingerprint density at radius 3 is 2.10 bits per heavy atom. The van der Waals surface area contributed by atoms with Crippen LogP contribution in [-0.4, -0.2) is 6.03 Å². The van der Waals surface area contributed by atoms with Gasteiger partial charge in [0, 0.05) is 11.4 Å². The first-order valence-electron chi connectivity index (χ1n) is 8.82. The first-order valence-corrected chi connectivity index (χ1v) is 8.82. The van der Waals surface area contributed by atoms with Crippen LogP contribution in [0.5, 0.6) is 11.5 Å². The van der Waals surface area contributed by atoms with E-state index in [0.717, 1.165) is 17.7 Å². The molecule has 0 aliphatic heterocycles. The Hall–Kier alpha value is -3.99. The third kappa shape index (κ3) is 5.75. The summed E-state index contributed by atoms with van der Waals surface area (Å²) in [5.41, 5.74) is 0.511. The summed E-state index contributed by atoms with van der Waals surface area (Å²) < 4.78 is 43.9. The highest BCUT2D eigenvalue weighted by molar-refractivity contribution is 5.99. The van der Waals surface area contributed by atoms with Crippen molar-refractivity contribution in [2.75, 3.05) is 10.6 Å². The van der Waals surface area contributed by atoms with Gasteiger partial charge < -0.3 is 15.4 Å². The molecule has 0 heterocycles. The number of anilines is 2. The number of amides is 2. The number of ether oxygens (including phenoxy) is 1. The molecule has 3 rings (SSSR count). The molecule has 2 amide bonds. The minimum Gasteiger partial charge on any atom is -0.457 e. The van der Waals surface area contributed by atoms with Crippen LogP contribution in [-0.2, 0) is 12.6 Å². The minimum atomic E-state index is -4.49. The Bertz CT molecular complexity index is 1060. The summed E-state index contributed by atoms with van der Waals surface area (Å²) in [6, 6.07) is 19.4.